The Morgan fingerprint density at radius 1 is 1.69 bits per heavy atom. The van der Waals surface area contributed by atoms with E-state index in [2.05, 4.69) is 5.32 Å². The highest BCUT2D eigenvalue weighted by Gasteiger charge is 2.21. The molecule has 5 nitrogen and oxygen atoms in total. The second-order valence-corrected chi connectivity index (χ2v) is 4.33. The molecule has 0 fully saturated rings. The lowest BCUT2D eigenvalue weighted by Crippen LogP contribution is -2.46. The molecule has 1 amide bonds. The van der Waals surface area contributed by atoms with Crippen LogP contribution in [0.4, 0.5) is 0 Å². The Labute approximate surface area is 94.3 Å². The van der Waals surface area contributed by atoms with E-state index in [1.54, 1.807) is 31.7 Å². The first-order valence-electron chi connectivity index (χ1n) is 4.89. The SMILES string of the molecule is Cn1cc(C#N)cc1C(=O)NC(C)(C)CO. The molecule has 1 rings (SSSR count). The topological polar surface area (TPSA) is 78.0 Å². The fraction of sp³-hybridized carbons (Fsp3) is 0.455. The standard InChI is InChI=1S/C11H15N3O2/c1-11(2,7-15)13-10(16)9-4-8(5-12)6-14(9)3/h4,6,15H,7H2,1-3H3,(H,13,16). The van der Waals surface area contributed by atoms with E-state index < -0.39 is 5.54 Å². The summed E-state index contributed by atoms with van der Waals surface area (Å²) in [6.07, 6.45) is 1.58. The van der Waals surface area contributed by atoms with Crippen molar-refractivity contribution in [3.63, 3.8) is 0 Å². The van der Waals surface area contributed by atoms with Gasteiger partial charge >= 0.3 is 0 Å². The van der Waals surface area contributed by atoms with E-state index in [-0.39, 0.29) is 12.5 Å². The number of amides is 1. The summed E-state index contributed by atoms with van der Waals surface area (Å²) in [5.74, 6) is -0.303. The molecule has 0 saturated carbocycles. The van der Waals surface area contributed by atoms with Crippen molar-refractivity contribution < 1.29 is 9.90 Å². The van der Waals surface area contributed by atoms with Crippen molar-refractivity contribution in [2.45, 2.75) is 19.4 Å². The third-order valence-corrected chi connectivity index (χ3v) is 2.21. The number of aromatic nitrogens is 1. The minimum absolute atomic E-state index is 0.145. The first kappa shape index (κ1) is 12.3. The summed E-state index contributed by atoms with van der Waals surface area (Å²) in [6, 6.07) is 3.49. The minimum Gasteiger partial charge on any atom is -0.394 e. The fourth-order valence-electron chi connectivity index (χ4n) is 1.26. The lowest BCUT2D eigenvalue weighted by Gasteiger charge is -2.23. The number of nitrogens with zero attached hydrogens (tertiary/aromatic N) is 2. The van der Waals surface area contributed by atoms with Crippen molar-refractivity contribution in [3.8, 4) is 6.07 Å². The van der Waals surface area contributed by atoms with Gasteiger partial charge in [0, 0.05) is 13.2 Å². The number of rotatable bonds is 3. The van der Waals surface area contributed by atoms with E-state index in [0.717, 1.165) is 0 Å². The van der Waals surface area contributed by atoms with Crippen LogP contribution in [0.3, 0.4) is 0 Å². The van der Waals surface area contributed by atoms with Crippen molar-refractivity contribution in [3.05, 3.63) is 23.5 Å². The van der Waals surface area contributed by atoms with E-state index in [4.69, 9.17) is 10.4 Å². The average Bonchev–Trinajstić information content (AvgIpc) is 2.59. The Morgan fingerprint density at radius 3 is 2.75 bits per heavy atom. The van der Waals surface area contributed by atoms with Gasteiger partial charge in [0.2, 0.25) is 0 Å². The van der Waals surface area contributed by atoms with Crippen LogP contribution >= 0.6 is 0 Å². The summed E-state index contributed by atoms with van der Waals surface area (Å²) >= 11 is 0. The molecule has 0 unspecified atom stereocenters. The van der Waals surface area contributed by atoms with Gasteiger partial charge in [0.25, 0.3) is 5.91 Å². The van der Waals surface area contributed by atoms with Crippen molar-refractivity contribution in [1.29, 1.82) is 5.26 Å². The number of carbonyl (C=O) groups is 1. The Balaban J connectivity index is 2.90. The normalized spacial score (nSPS) is 10.9. The maximum absolute atomic E-state index is 11.8. The number of aliphatic hydroxyl groups is 1. The second-order valence-electron chi connectivity index (χ2n) is 4.33. The van der Waals surface area contributed by atoms with E-state index in [9.17, 15) is 4.79 Å². The highest BCUT2D eigenvalue weighted by atomic mass is 16.3. The molecule has 0 spiro atoms. The molecule has 0 saturated heterocycles. The van der Waals surface area contributed by atoms with E-state index in [1.165, 1.54) is 6.07 Å². The molecular weight excluding hydrogens is 206 g/mol. The molecule has 5 heteroatoms. The zero-order valence-corrected chi connectivity index (χ0v) is 9.61. The average molecular weight is 221 g/mol. The van der Waals surface area contributed by atoms with Gasteiger partial charge in [0.1, 0.15) is 11.8 Å². The molecule has 0 aliphatic carbocycles. The molecule has 86 valence electrons. The van der Waals surface area contributed by atoms with Gasteiger partial charge in [0.15, 0.2) is 0 Å². The van der Waals surface area contributed by atoms with Gasteiger partial charge in [-0.3, -0.25) is 4.79 Å². The summed E-state index contributed by atoms with van der Waals surface area (Å²) in [5, 5.41) is 20.4. The first-order valence-corrected chi connectivity index (χ1v) is 4.89. The van der Waals surface area contributed by atoms with Crippen LogP contribution in [0.2, 0.25) is 0 Å². The maximum atomic E-state index is 11.8. The largest absolute Gasteiger partial charge is 0.394 e. The molecule has 0 aromatic carbocycles. The van der Waals surface area contributed by atoms with Gasteiger partial charge in [0.05, 0.1) is 17.7 Å². The minimum atomic E-state index is -0.672. The van der Waals surface area contributed by atoms with Crippen LogP contribution in [0.5, 0.6) is 0 Å². The highest BCUT2D eigenvalue weighted by molar-refractivity contribution is 5.93. The molecule has 0 radical (unpaired) electrons. The molecule has 0 bridgehead atoms. The number of nitriles is 1. The molecule has 1 aromatic heterocycles. The van der Waals surface area contributed by atoms with Crippen molar-refractivity contribution in [2.24, 2.45) is 7.05 Å². The van der Waals surface area contributed by atoms with Gasteiger partial charge in [-0.05, 0) is 19.9 Å². The summed E-state index contributed by atoms with van der Waals surface area (Å²) in [7, 11) is 1.70. The van der Waals surface area contributed by atoms with Crippen LogP contribution in [0.15, 0.2) is 12.3 Å². The Morgan fingerprint density at radius 2 is 2.31 bits per heavy atom. The Kier molecular flexibility index (Phi) is 3.35. The second kappa shape index (κ2) is 4.37. The zero-order valence-electron chi connectivity index (χ0n) is 9.61. The van der Waals surface area contributed by atoms with Crippen LogP contribution in [0, 0.1) is 11.3 Å². The van der Waals surface area contributed by atoms with Gasteiger partial charge in [-0.2, -0.15) is 5.26 Å². The van der Waals surface area contributed by atoms with Crippen molar-refractivity contribution in [2.75, 3.05) is 6.61 Å². The third-order valence-electron chi connectivity index (χ3n) is 2.21. The van der Waals surface area contributed by atoms with Crippen molar-refractivity contribution in [1.82, 2.24) is 9.88 Å². The first-order chi connectivity index (χ1) is 7.39. The predicted octanol–water partition coefficient (Wildman–Crippen LogP) is 0.397. The lowest BCUT2D eigenvalue weighted by atomic mass is 10.1. The molecule has 2 N–H and O–H groups in total. The molecule has 0 aliphatic rings. The number of hydrogen-bond acceptors (Lipinski definition) is 3. The molecular formula is C11H15N3O2. The number of nitrogens with one attached hydrogen (secondary N) is 1. The summed E-state index contributed by atoms with van der Waals surface area (Å²) < 4.78 is 1.58. The van der Waals surface area contributed by atoms with Gasteiger partial charge in [-0.25, -0.2) is 0 Å². The Bertz CT molecular complexity index is 441. The summed E-state index contributed by atoms with van der Waals surface area (Å²) in [4.78, 5) is 11.8. The lowest BCUT2D eigenvalue weighted by molar-refractivity contribution is 0.0861. The van der Waals surface area contributed by atoms with E-state index in [1.807, 2.05) is 6.07 Å². The van der Waals surface area contributed by atoms with Crippen molar-refractivity contribution >= 4 is 5.91 Å². The molecule has 16 heavy (non-hydrogen) atoms. The summed E-state index contributed by atoms with van der Waals surface area (Å²) in [6.45, 7) is 3.30. The monoisotopic (exact) mass is 221 g/mol. The number of hydrogen-bond donors (Lipinski definition) is 2. The maximum Gasteiger partial charge on any atom is 0.268 e. The summed E-state index contributed by atoms with van der Waals surface area (Å²) in [5.41, 5.74) is 0.168. The fourth-order valence-corrected chi connectivity index (χ4v) is 1.26. The number of aryl methyl sites for hydroxylation is 1. The smallest absolute Gasteiger partial charge is 0.268 e. The van der Waals surface area contributed by atoms with Crippen LogP contribution in [0.1, 0.15) is 29.9 Å². The molecule has 1 heterocycles. The molecule has 0 atom stereocenters. The Hall–Kier alpha value is -1.80. The highest BCUT2D eigenvalue weighted by Crippen LogP contribution is 2.08. The van der Waals surface area contributed by atoms with Gasteiger partial charge in [-0.15, -0.1) is 0 Å². The van der Waals surface area contributed by atoms with Crippen LogP contribution in [0.25, 0.3) is 0 Å². The van der Waals surface area contributed by atoms with Crippen LogP contribution < -0.4 is 5.32 Å². The number of carbonyl (C=O) groups excluding carboxylic acids is 1. The van der Waals surface area contributed by atoms with Crippen LogP contribution in [-0.2, 0) is 7.05 Å². The van der Waals surface area contributed by atoms with E-state index in [0.29, 0.717) is 11.3 Å². The van der Waals surface area contributed by atoms with Gasteiger partial charge < -0.3 is 15.0 Å². The molecule has 0 aliphatic heterocycles. The van der Waals surface area contributed by atoms with E-state index >= 15 is 0 Å². The molecule has 1 aromatic rings. The zero-order chi connectivity index (χ0) is 12.3. The quantitative estimate of drug-likeness (QED) is 0.775. The predicted molar refractivity (Wildman–Crippen MR) is 58.8 cm³/mol. The van der Waals surface area contributed by atoms with Gasteiger partial charge in [-0.1, -0.05) is 0 Å². The third kappa shape index (κ3) is 2.61. The van der Waals surface area contributed by atoms with Crippen LogP contribution in [-0.4, -0.2) is 27.7 Å². The number of aliphatic hydroxyl groups excluding tert-OH is 1.